The molecule has 0 bridgehead atoms. The number of thioether (sulfide) groups is 1. The van der Waals surface area contributed by atoms with Gasteiger partial charge in [0.25, 0.3) is 5.91 Å². The van der Waals surface area contributed by atoms with Gasteiger partial charge in [-0.2, -0.15) is 11.8 Å². The fourth-order valence-corrected chi connectivity index (χ4v) is 3.00. The second-order valence-corrected chi connectivity index (χ2v) is 4.99. The molecule has 1 aromatic heterocycles. The zero-order valence-electron chi connectivity index (χ0n) is 9.05. The smallest absolute Gasteiger partial charge is 0.330 e. The van der Waals surface area contributed by atoms with Crippen LogP contribution < -0.4 is 5.32 Å². The molecule has 0 spiro atoms. The van der Waals surface area contributed by atoms with Crippen molar-refractivity contribution in [3.05, 3.63) is 30.1 Å². The summed E-state index contributed by atoms with van der Waals surface area (Å²) < 4.78 is 0. The minimum atomic E-state index is -1.12. The molecule has 2 rings (SSSR count). The third-order valence-electron chi connectivity index (χ3n) is 2.73. The van der Waals surface area contributed by atoms with E-state index in [9.17, 15) is 14.7 Å². The lowest BCUT2D eigenvalue weighted by molar-refractivity contribution is -0.143. The minimum absolute atomic E-state index is 0.364. The van der Waals surface area contributed by atoms with Crippen LogP contribution in [0.2, 0.25) is 0 Å². The van der Waals surface area contributed by atoms with E-state index in [1.54, 1.807) is 12.1 Å². The van der Waals surface area contributed by atoms with Crippen LogP contribution in [0.3, 0.4) is 0 Å². The SMILES string of the molecule is O=C(N[C@@]1(C(=O)O)CCSC1)c1ccncc1. The van der Waals surface area contributed by atoms with Crippen molar-refractivity contribution in [1.82, 2.24) is 10.3 Å². The Morgan fingerprint density at radius 3 is 2.65 bits per heavy atom. The first-order chi connectivity index (χ1) is 8.14. The van der Waals surface area contributed by atoms with Crippen molar-refractivity contribution in [3.63, 3.8) is 0 Å². The predicted molar refractivity (Wildman–Crippen MR) is 64.0 cm³/mol. The van der Waals surface area contributed by atoms with Gasteiger partial charge in [-0.1, -0.05) is 0 Å². The Labute approximate surface area is 103 Å². The van der Waals surface area contributed by atoms with E-state index in [2.05, 4.69) is 10.3 Å². The van der Waals surface area contributed by atoms with Crippen LogP contribution in [0.15, 0.2) is 24.5 Å². The summed E-state index contributed by atoms with van der Waals surface area (Å²) in [5, 5.41) is 11.8. The van der Waals surface area contributed by atoms with E-state index in [0.29, 0.717) is 17.7 Å². The molecule has 5 nitrogen and oxygen atoms in total. The van der Waals surface area contributed by atoms with E-state index >= 15 is 0 Å². The number of pyridine rings is 1. The number of nitrogens with zero attached hydrogens (tertiary/aromatic N) is 1. The van der Waals surface area contributed by atoms with Gasteiger partial charge in [0.1, 0.15) is 5.54 Å². The number of carboxylic acids is 1. The lowest BCUT2D eigenvalue weighted by Gasteiger charge is -2.24. The number of carboxylic acid groups (broad SMARTS) is 1. The van der Waals surface area contributed by atoms with Crippen LogP contribution in [0.5, 0.6) is 0 Å². The summed E-state index contributed by atoms with van der Waals surface area (Å²) in [4.78, 5) is 27.0. The number of aromatic nitrogens is 1. The molecule has 17 heavy (non-hydrogen) atoms. The van der Waals surface area contributed by atoms with Crippen LogP contribution in [0.25, 0.3) is 0 Å². The molecule has 1 atom stereocenters. The van der Waals surface area contributed by atoms with Crippen molar-refractivity contribution in [1.29, 1.82) is 0 Å². The van der Waals surface area contributed by atoms with Gasteiger partial charge in [0.2, 0.25) is 0 Å². The summed E-state index contributed by atoms with van der Waals surface area (Å²) in [6.45, 7) is 0. The Kier molecular flexibility index (Phi) is 3.33. The lowest BCUT2D eigenvalue weighted by atomic mass is 9.98. The number of rotatable bonds is 3. The molecule has 0 saturated carbocycles. The summed E-state index contributed by atoms with van der Waals surface area (Å²) in [6, 6.07) is 3.12. The fraction of sp³-hybridized carbons (Fsp3) is 0.364. The normalized spacial score (nSPS) is 23.3. The van der Waals surface area contributed by atoms with E-state index in [-0.39, 0.29) is 5.91 Å². The molecular formula is C11H12N2O3S. The Morgan fingerprint density at radius 2 is 2.12 bits per heavy atom. The molecule has 1 amide bonds. The molecule has 1 aliphatic rings. The maximum Gasteiger partial charge on any atom is 0.330 e. The molecular weight excluding hydrogens is 240 g/mol. The van der Waals surface area contributed by atoms with Crippen molar-refractivity contribution in [3.8, 4) is 0 Å². The quantitative estimate of drug-likeness (QED) is 0.830. The monoisotopic (exact) mass is 252 g/mol. The standard InChI is InChI=1S/C11H12N2O3S/c14-9(8-1-4-12-5-2-8)13-11(10(15)16)3-6-17-7-11/h1-2,4-5H,3,6-7H2,(H,13,14)(H,15,16)/t11-/m0/s1. The summed E-state index contributed by atoms with van der Waals surface area (Å²) in [7, 11) is 0. The summed E-state index contributed by atoms with van der Waals surface area (Å²) >= 11 is 1.54. The van der Waals surface area contributed by atoms with Crippen LogP contribution >= 0.6 is 11.8 Å². The van der Waals surface area contributed by atoms with Gasteiger partial charge < -0.3 is 10.4 Å². The second kappa shape index (κ2) is 4.75. The predicted octanol–water partition coefficient (Wildman–Crippen LogP) is 0.772. The molecule has 0 aromatic carbocycles. The van der Waals surface area contributed by atoms with E-state index < -0.39 is 11.5 Å². The Morgan fingerprint density at radius 1 is 1.41 bits per heavy atom. The first-order valence-electron chi connectivity index (χ1n) is 5.18. The summed E-state index contributed by atoms with van der Waals surface area (Å²) in [5.41, 5.74) is -0.692. The first kappa shape index (κ1) is 11.9. The molecule has 1 aliphatic heterocycles. The van der Waals surface area contributed by atoms with Crippen LogP contribution in [0.1, 0.15) is 16.8 Å². The maximum absolute atomic E-state index is 11.9. The molecule has 90 valence electrons. The highest BCUT2D eigenvalue weighted by atomic mass is 32.2. The molecule has 0 radical (unpaired) electrons. The number of hydrogen-bond acceptors (Lipinski definition) is 4. The maximum atomic E-state index is 11.9. The molecule has 2 N–H and O–H groups in total. The average Bonchev–Trinajstić information content (AvgIpc) is 2.80. The van der Waals surface area contributed by atoms with Crippen molar-refractivity contribution in [2.75, 3.05) is 11.5 Å². The molecule has 0 aliphatic carbocycles. The summed E-state index contributed by atoms with van der Waals surface area (Å²) in [6.07, 6.45) is 3.47. The van der Waals surface area contributed by atoms with Crippen molar-refractivity contribution < 1.29 is 14.7 Å². The Balaban J connectivity index is 2.15. The van der Waals surface area contributed by atoms with Gasteiger partial charge in [-0.05, 0) is 24.3 Å². The van der Waals surface area contributed by atoms with Crippen LogP contribution in [0, 0.1) is 0 Å². The second-order valence-electron chi connectivity index (χ2n) is 3.88. The molecule has 1 aromatic rings. The lowest BCUT2D eigenvalue weighted by Crippen LogP contribution is -2.54. The Bertz CT molecular complexity index is 430. The highest BCUT2D eigenvalue weighted by Crippen LogP contribution is 2.28. The van der Waals surface area contributed by atoms with Gasteiger partial charge in [0, 0.05) is 23.7 Å². The molecule has 1 saturated heterocycles. The van der Waals surface area contributed by atoms with Gasteiger partial charge >= 0.3 is 5.97 Å². The first-order valence-corrected chi connectivity index (χ1v) is 6.33. The highest BCUT2D eigenvalue weighted by molar-refractivity contribution is 7.99. The van der Waals surface area contributed by atoms with Crippen molar-refractivity contribution in [2.24, 2.45) is 0 Å². The molecule has 6 heteroatoms. The molecule has 1 fully saturated rings. The van der Waals surface area contributed by atoms with Gasteiger partial charge in [-0.15, -0.1) is 0 Å². The topological polar surface area (TPSA) is 79.3 Å². The third kappa shape index (κ3) is 2.41. The number of carbonyl (C=O) groups excluding carboxylic acids is 1. The Hall–Kier alpha value is -1.56. The fourth-order valence-electron chi connectivity index (χ4n) is 1.68. The van der Waals surface area contributed by atoms with E-state index in [4.69, 9.17) is 0 Å². The van der Waals surface area contributed by atoms with E-state index in [0.717, 1.165) is 5.75 Å². The van der Waals surface area contributed by atoms with E-state index in [1.165, 1.54) is 24.2 Å². The average molecular weight is 252 g/mol. The number of aliphatic carboxylic acids is 1. The van der Waals surface area contributed by atoms with Crippen molar-refractivity contribution >= 4 is 23.6 Å². The van der Waals surface area contributed by atoms with E-state index in [1.807, 2.05) is 0 Å². The minimum Gasteiger partial charge on any atom is -0.479 e. The number of amides is 1. The highest BCUT2D eigenvalue weighted by Gasteiger charge is 2.43. The summed E-state index contributed by atoms with van der Waals surface area (Å²) in [5.74, 6) is -0.163. The van der Waals surface area contributed by atoms with Crippen molar-refractivity contribution in [2.45, 2.75) is 12.0 Å². The van der Waals surface area contributed by atoms with Gasteiger partial charge in [0.05, 0.1) is 0 Å². The number of nitrogens with one attached hydrogen (secondary N) is 1. The zero-order chi connectivity index (χ0) is 12.3. The van der Waals surface area contributed by atoms with Crippen LogP contribution in [-0.2, 0) is 4.79 Å². The number of carbonyl (C=O) groups is 2. The zero-order valence-corrected chi connectivity index (χ0v) is 9.87. The molecule has 0 unspecified atom stereocenters. The van der Waals surface area contributed by atoms with Crippen LogP contribution in [-0.4, -0.2) is 39.0 Å². The van der Waals surface area contributed by atoms with Gasteiger partial charge in [-0.25, -0.2) is 4.79 Å². The van der Waals surface area contributed by atoms with Gasteiger partial charge in [-0.3, -0.25) is 9.78 Å². The third-order valence-corrected chi connectivity index (χ3v) is 3.92. The van der Waals surface area contributed by atoms with Gasteiger partial charge in [0.15, 0.2) is 0 Å². The largest absolute Gasteiger partial charge is 0.479 e. The van der Waals surface area contributed by atoms with Crippen LogP contribution in [0.4, 0.5) is 0 Å². The molecule has 2 heterocycles. The number of hydrogen-bond donors (Lipinski definition) is 2.